The topological polar surface area (TPSA) is 58.2 Å². The molecule has 2 N–H and O–H groups in total. The average molecular weight is 345 g/mol. The molecule has 5 heteroatoms. The quantitative estimate of drug-likeness (QED) is 0.899. The Bertz CT molecular complexity index is 728. The van der Waals surface area contributed by atoms with Crippen molar-refractivity contribution in [2.75, 3.05) is 5.32 Å². The summed E-state index contributed by atoms with van der Waals surface area (Å²) < 4.78 is 0.770. The molecule has 2 amide bonds. The molecule has 2 aromatic carbocycles. The van der Waals surface area contributed by atoms with Gasteiger partial charge in [0.2, 0.25) is 5.91 Å². The molecular formula is C16H13BrN2O2. The van der Waals surface area contributed by atoms with Crippen molar-refractivity contribution in [2.24, 2.45) is 0 Å². The van der Waals surface area contributed by atoms with Gasteiger partial charge in [-0.05, 0) is 45.3 Å². The molecule has 21 heavy (non-hydrogen) atoms. The van der Waals surface area contributed by atoms with Crippen molar-refractivity contribution in [3.63, 3.8) is 0 Å². The fraction of sp³-hybridized carbons (Fsp3) is 0.125. The molecule has 0 spiro atoms. The van der Waals surface area contributed by atoms with Crippen LogP contribution in [-0.2, 0) is 17.8 Å². The van der Waals surface area contributed by atoms with Crippen LogP contribution >= 0.6 is 15.9 Å². The van der Waals surface area contributed by atoms with Gasteiger partial charge in [0.05, 0.1) is 12.0 Å². The van der Waals surface area contributed by atoms with Crippen LogP contribution in [0.15, 0.2) is 46.9 Å². The normalized spacial score (nSPS) is 12.7. The van der Waals surface area contributed by atoms with E-state index in [9.17, 15) is 9.59 Å². The predicted molar refractivity (Wildman–Crippen MR) is 84.1 cm³/mol. The van der Waals surface area contributed by atoms with Crippen LogP contribution in [0.2, 0.25) is 0 Å². The fourth-order valence-electron chi connectivity index (χ4n) is 2.32. The van der Waals surface area contributed by atoms with E-state index >= 15 is 0 Å². The van der Waals surface area contributed by atoms with Crippen LogP contribution in [0.25, 0.3) is 0 Å². The van der Waals surface area contributed by atoms with Gasteiger partial charge in [-0.2, -0.15) is 0 Å². The van der Waals surface area contributed by atoms with Gasteiger partial charge in [0, 0.05) is 16.7 Å². The molecule has 0 aromatic heterocycles. The number of fused-ring (bicyclic) bond motifs is 1. The zero-order valence-corrected chi connectivity index (χ0v) is 12.7. The molecule has 1 heterocycles. The highest BCUT2D eigenvalue weighted by molar-refractivity contribution is 9.10. The first-order valence-electron chi connectivity index (χ1n) is 6.58. The SMILES string of the molecule is O=C1Cc2cc(CNC(=O)c3ccccc3Br)ccc2N1. The third kappa shape index (κ3) is 2.97. The first kappa shape index (κ1) is 13.8. The highest BCUT2D eigenvalue weighted by Gasteiger charge is 2.17. The molecule has 0 unspecified atom stereocenters. The van der Waals surface area contributed by atoms with Gasteiger partial charge >= 0.3 is 0 Å². The van der Waals surface area contributed by atoms with Crippen molar-refractivity contribution >= 4 is 33.4 Å². The maximum absolute atomic E-state index is 12.1. The van der Waals surface area contributed by atoms with Crippen LogP contribution in [0.4, 0.5) is 5.69 Å². The number of hydrogen-bond donors (Lipinski definition) is 2. The molecule has 0 aliphatic carbocycles. The van der Waals surface area contributed by atoms with E-state index in [-0.39, 0.29) is 11.8 Å². The standard InChI is InChI=1S/C16H13BrN2O2/c17-13-4-2-1-3-12(13)16(21)18-9-10-5-6-14-11(7-10)8-15(20)19-14/h1-7H,8-9H2,(H,18,21)(H,19,20). The first-order chi connectivity index (χ1) is 10.1. The van der Waals surface area contributed by atoms with Crippen LogP contribution in [-0.4, -0.2) is 11.8 Å². The molecule has 3 rings (SSSR count). The van der Waals surface area contributed by atoms with E-state index in [1.54, 1.807) is 6.07 Å². The molecule has 1 aliphatic rings. The number of amides is 2. The Hall–Kier alpha value is -2.14. The van der Waals surface area contributed by atoms with Crippen molar-refractivity contribution in [2.45, 2.75) is 13.0 Å². The molecule has 0 atom stereocenters. The average Bonchev–Trinajstić information content (AvgIpc) is 2.84. The van der Waals surface area contributed by atoms with Crippen molar-refractivity contribution in [3.05, 3.63) is 63.6 Å². The smallest absolute Gasteiger partial charge is 0.252 e. The molecule has 0 saturated carbocycles. The second-order valence-corrected chi connectivity index (χ2v) is 5.73. The number of halogens is 1. The lowest BCUT2D eigenvalue weighted by atomic mass is 10.1. The second-order valence-electron chi connectivity index (χ2n) is 4.88. The maximum Gasteiger partial charge on any atom is 0.252 e. The van der Waals surface area contributed by atoms with Gasteiger partial charge in [-0.25, -0.2) is 0 Å². The Kier molecular flexibility index (Phi) is 3.75. The molecule has 1 aliphatic heterocycles. The summed E-state index contributed by atoms with van der Waals surface area (Å²) in [5.41, 5.74) is 3.43. The third-order valence-electron chi connectivity index (χ3n) is 3.37. The van der Waals surface area contributed by atoms with Gasteiger partial charge in [-0.15, -0.1) is 0 Å². The lowest BCUT2D eigenvalue weighted by Gasteiger charge is -2.08. The van der Waals surface area contributed by atoms with E-state index in [0.717, 1.165) is 21.3 Å². The molecule has 0 bridgehead atoms. The summed E-state index contributed by atoms with van der Waals surface area (Å²) in [4.78, 5) is 23.4. The molecule has 2 aromatic rings. The summed E-state index contributed by atoms with van der Waals surface area (Å²) in [5.74, 6) is -0.114. The number of carbonyl (C=O) groups is 2. The molecule has 106 valence electrons. The summed E-state index contributed by atoms with van der Waals surface area (Å²) in [7, 11) is 0. The minimum Gasteiger partial charge on any atom is -0.348 e. The Balaban J connectivity index is 1.69. The largest absolute Gasteiger partial charge is 0.348 e. The highest BCUT2D eigenvalue weighted by Crippen LogP contribution is 2.24. The van der Waals surface area contributed by atoms with Crippen LogP contribution in [0, 0.1) is 0 Å². The lowest BCUT2D eigenvalue weighted by molar-refractivity contribution is -0.115. The van der Waals surface area contributed by atoms with Crippen LogP contribution < -0.4 is 10.6 Å². The molecule has 0 saturated heterocycles. The van der Waals surface area contributed by atoms with Gasteiger partial charge in [0.1, 0.15) is 0 Å². The zero-order valence-electron chi connectivity index (χ0n) is 11.2. The summed E-state index contributed by atoms with van der Waals surface area (Å²) in [5, 5.41) is 5.67. The van der Waals surface area contributed by atoms with E-state index in [1.165, 1.54) is 0 Å². The molecule has 0 fully saturated rings. The zero-order chi connectivity index (χ0) is 14.8. The van der Waals surface area contributed by atoms with Gasteiger partial charge < -0.3 is 10.6 Å². The highest BCUT2D eigenvalue weighted by atomic mass is 79.9. The van der Waals surface area contributed by atoms with Crippen LogP contribution in [0.5, 0.6) is 0 Å². The monoisotopic (exact) mass is 344 g/mol. The van der Waals surface area contributed by atoms with E-state index in [0.29, 0.717) is 18.5 Å². The van der Waals surface area contributed by atoms with E-state index in [2.05, 4.69) is 26.6 Å². The Labute approximate surface area is 130 Å². The minimum atomic E-state index is -0.128. The summed E-state index contributed by atoms with van der Waals surface area (Å²) >= 11 is 3.36. The maximum atomic E-state index is 12.1. The molecule has 0 radical (unpaired) electrons. The van der Waals surface area contributed by atoms with E-state index in [4.69, 9.17) is 0 Å². The first-order valence-corrected chi connectivity index (χ1v) is 7.37. The minimum absolute atomic E-state index is 0.0133. The number of benzene rings is 2. The van der Waals surface area contributed by atoms with Crippen molar-refractivity contribution in [1.82, 2.24) is 5.32 Å². The van der Waals surface area contributed by atoms with Gasteiger partial charge in [-0.3, -0.25) is 9.59 Å². The summed E-state index contributed by atoms with van der Waals surface area (Å²) in [6.45, 7) is 0.432. The van der Waals surface area contributed by atoms with Gasteiger partial charge in [0.15, 0.2) is 0 Å². The van der Waals surface area contributed by atoms with Gasteiger partial charge in [-0.1, -0.05) is 24.3 Å². The second kappa shape index (κ2) is 5.69. The fourth-order valence-corrected chi connectivity index (χ4v) is 2.78. The van der Waals surface area contributed by atoms with Crippen molar-refractivity contribution < 1.29 is 9.59 Å². The summed E-state index contributed by atoms with van der Waals surface area (Å²) in [6.07, 6.45) is 0.404. The van der Waals surface area contributed by atoms with Crippen molar-refractivity contribution in [1.29, 1.82) is 0 Å². The van der Waals surface area contributed by atoms with Crippen LogP contribution in [0.3, 0.4) is 0 Å². The number of rotatable bonds is 3. The Morgan fingerprint density at radius 1 is 1.24 bits per heavy atom. The number of carbonyl (C=O) groups excluding carboxylic acids is 2. The number of anilines is 1. The Morgan fingerprint density at radius 3 is 2.86 bits per heavy atom. The predicted octanol–water partition coefficient (Wildman–Crippen LogP) is 2.87. The summed E-state index contributed by atoms with van der Waals surface area (Å²) in [6, 6.07) is 13.0. The molecular weight excluding hydrogens is 332 g/mol. The third-order valence-corrected chi connectivity index (χ3v) is 4.06. The Morgan fingerprint density at radius 2 is 2.05 bits per heavy atom. The molecule has 4 nitrogen and oxygen atoms in total. The van der Waals surface area contributed by atoms with Gasteiger partial charge in [0.25, 0.3) is 5.91 Å². The number of nitrogens with one attached hydrogen (secondary N) is 2. The lowest BCUT2D eigenvalue weighted by Crippen LogP contribution is -2.23. The van der Waals surface area contributed by atoms with Crippen molar-refractivity contribution in [3.8, 4) is 0 Å². The van der Waals surface area contributed by atoms with E-state index in [1.807, 2.05) is 36.4 Å². The van der Waals surface area contributed by atoms with Crippen LogP contribution in [0.1, 0.15) is 21.5 Å². The number of hydrogen-bond acceptors (Lipinski definition) is 2. The van der Waals surface area contributed by atoms with E-state index < -0.39 is 0 Å².